The van der Waals surface area contributed by atoms with Crippen LogP contribution in [0.5, 0.6) is 0 Å². The van der Waals surface area contributed by atoms with Crippen molar-refractivity contribution in [2.45, 2.75) is 51.9 Å². The molecule has 2 aromatic rings. The van der Waals surface area contributed by atoms with E-state index in [2.05, 4.69) is 55.5 Å². The summed E-state index contributed by atoms with van der Waals surface area (Å²) in [5.74, 6) is 0. The van der Waals surface area contributed by atoms with Crippen molar-refractivity contribution in [3.05, 3.63) is 59.7 Å². The van der Waals surface area contributed by atoms with Gasteiger partial charge in [-0.15, -0.1) is 0 Å². The minimum atomic E-state index is 1.11. The fourth-order valence-corrected chi connectivity index (χ4v) is 3.55. The summed E-state index contributed by atoms with van der Waals surface area (Å²) in [6, 6.07) is 18.2. The van der Waals surface area contributed by atoms with Gasteiger partial charge in [0.05, 0.1) is 0 Å². The zero-order valence-electron chi connectivity index (χ0n) is 14.1. The topological polar surface area (TPSA) is 0 Å². The van der Waals surface area contributed by atoms with Crippen molar-refractivity contribution in [3.8, 4) is 11.1 Å². The van der Waals surface area contributed by atoms with Crippen LogP contribution in [0.1, 0.15) is 50.2 Å². The van der Waals surface area contributed by atoms with Crippen molar-refractivity contribution in [2.75, 3.05) is 6.16 Å². The maximum atomic E-state index is 4.96. The maximum Gasteiger partial charge on any atom is -0.000146 e. The molecule has 0 atom stereocenters. The van der Waals surface area contributed by atoms with Crippen LogP contribution in [0, 0.1) is 0 Å². The molecule has 0 amide bonds. The first-order valence-electron chi connectivity index (χ1n) is 8.81. The summed E-state index contributed by atoms with van der Waals surface area (Å²) in [5.41, 5.74) is 5.53. The van der Waals surface area contributed by atoms with Crippen LogP contribution in [0.3, 0.4) is 0 Å². The SMILES string of the molecule is CCCCCc1ccc(-c2ccc(CCCCP=S)cc2)cc1. The molecule has 0 N–H and O–H groups in total. The molecule has 0 saturated carbocycles. The van der Waals surface area contributed by atoms with E-state index in [1.807, 2.05) is 0 Å². The van der Waals surface area contributed by atoms with Gasteiger partial charge in [-0.2, -0.15) is 0 Å². The molecule has 2 rings (SSSR count). The van der Waals surface area contributed by atoms with Crippen LogP contribution in [0.2, 0.25) is 0 Å². The van der Waals surface area contributed by atoms with Gasteiger partial charge in [0.15, 0.2) is 0 Å². The lowest BCUT2D eigenvalue weighted by atomic mass is 9.99. The molecule has 23 heavy (non-hydrogen) atoms. The van der Waals surface area contributed by atoms with Crippen LogP contribution in [-0.4, -0.2) is 6.16 Å². The van der Waals surface area contributed by atoms with Gasteiger partial charge in [-0.3, -0.25) is 0 Å². The van der Waals surface area contributed by atoms with Crippen LogP contribution >= 0.6 is 7.36 Å². The van der Waals surface area contributed by atoms with E-state index in [0.717, 1.165) is 13.5 Å². The Hall–Kier alpha value is -1.04. The van der Waals surface area contributed by atoms with Gasteiger partial charge in [-0.25, -0.2) is 0 Å². The summed E-state index contributed by atoms with van der Waals surface area (Å²) < 4.78 is 0. The van der Waals surface area contributed by atoms with Crippen LogP contribution < -0.4 is 0 Å². The first kappa shape index (κ1) is 18.3. The Labute approximate surface area is 148 Å². The number of benzene rings is 2. The average Bonchev–Trinajstić information content (AvgIpc) is 2.60. The Balaban J connectivity index is 1.89. The second-order valence-corrected chi connectivity index (χ2v) is 7.64. The Morgan fingerprint density at radius 2 is 1.17 bits per heavy atom. The van der Waals surface area contributed by atoms with Gasteiger partial charge < -0.3 is 0 Å². The van der Waals surface area contributed by atoms with Crippen molar-refractivity contribution < 1.29 is 0 Å². The van der Waals surface area contributed by atoms with Crippen LogP contribution in [0.25, 0.3) is 11.1 Å². The fraction of sp³-hybridized carbons (Fsp3) is 0.429. The molecule has 0 saturated heterocycles. The van der Waals surface area contributed by atoms with Crippen molar-refractivity contribution in [1.82, 2.24) is 0 Å². The van der Waals surface area contributed by atoms with E-state index in [-0.39, 0.29) is 0 Å². The second kappa shape index (κ2) is 10.7. The Morgan fingerprint density at radius 3 is 1.61 bits per heavy atom. The van der Waals surface area contributed by atoms with E-state index in [9.17, 15) is 0 Å². The van der Waals surface area contributed by atoms with Gasteiger partial charge in [0.25, 0.3) is 0 Å². The largest absolute Gasteiger partial charge is 0.0654 e. The third-order valence-electron chi connectivity index (χ3n) is 4.28. The highest BCUT2D eigenvalue weighted by molar-refractivity contribution is 7.96. The molecule has 122 valence electrons. The third kappa shape index (κ3) is 6.53. The van der Waals surface area contributed by atoms with Gasteiger partial charge in [-0.05, 0) is 67.9 Å². The van der Waals surface area contributed by atoms with E-state index in [4.69, 9.17) is 11.8 Å². The van der Waals surface area contributed by atoms with Gasteiger partial charge >= 0.3 is 0 Å². The highest BCUT2D eigenvalue weighted by atomic mass is 32.4. The van der Waals surface area contributed by atoms with Crippen molar-refractivity contribution in [1.29, 1.82) is 0 Å². The van der Waals surface area contributed by atoms with Crippen molar-refractivity contribution >= 4 is 19.2 Å². The molecule has 0 aliphatic carbocycles. The standard InChI is InChI=1S/C21H27PS/c1-2-3-4-7-18-9-13-20(14-10-18)21-15-11-19(12-16-21)8-5-6-17-22-23/h9-16H,2-8,17H2,1H3. The number of unbranched alkanes of at least 4 members (excludes halogenated alkanes) is 3. The normalized spacial score (nSPS) is 11.0. The maximum absolute atomic E-state index is 4.96. The zero-order valence-corrected chi connectivity index (χ0v) is 15.8. The Morgan fingerprint density at radius 1 is 0.696 bits per heavy atom. The molecule has 0 heterocycles. The molecule has 0 aliphatic heterocycles. The first-order chi connectivity index (χ1) is 11.3. The van der Waals surface area contributed by atoms with Gasteiger partial charge in [0.2, 0.25) is 0 Å². The van der Waals surface area contributed by atoms with Crippen LogP contribution in [0.15, 0.2) is 48.5 Å². The lowest BCUT2D eigenvalue weighted by molar-refractivity contribution is 0.717. The van der Waals surface area contributed by atoms with E-state index in [1.54, 1.807) is 0 Å². The molecule has 2 aromatic carbocycles. The number of hydrogen-bond donors (Lipinski definition) is 0. The molecule has 0 aliphatic rings. The summed E-state index contributed by atoms with van der Waals surface area (Å²) >= 11 is 4.96. The van der Waals surface area contributed by atoms with E-state index in [1.165, 1.54) is 67.2 Å². The summed E-state index contributed by atoms with van der Waals surface area (Å²) in [7, 11) is 1.11. The van der Waals surface area contributed by atoms with Gasteiger partial charge in [0.1, 0.15) is 0 Å². The first-order valence-corrected chi connectivity index (χ1v) is 10.9. The number of hydrogen-bond acceptors (Lipinski definition) is 1. The van der Waals surface area contributed by atoms with E-state index < -0.39 is 0 Å². The van der Waals surface area contributed by atoms with Gasteiger partial charge in [0, 0.05) is 0 Å². The quantitative estimate of drug-likeness (QED) is 0.337. The predicted octanol–water partition coefficient (Wildman–Crippen LogP) is 6.82. The highest BCUT2D eigenvalue weighted by Crippen LogP contribution is 2.21. The molecule has 0 radical (unpaired) electrons. The third-order valence-corrected chi connectivity index (χ3v) is 5.32. The summed E-state index contributed by atoms with van der Waals surface area (Å²) in [5, 5.41) is 0. The Bertz CT molecular complexity index is 572. The molecule has 0 bridgehead atoms. The minimum absolute atomic E-state index is 1.11. The zero-order chi connectivity index (χ0) is 16.3. The summed E-state index contributed by atoms with van der Waals surface area (Å²) in [6.07, 6.45) is 9.93. The molecule has 0 nitrogen and oxygen atoms in total. The molecular weight excluding hydrogens is 315 g/mol. The van der Waals surface area contributed by atoms with Crippen LogP contribution in [0.4, 0.5) is 0 Å². The monoisotopic (exact) mass is 342 g/mol. The van der Waals surface area contributed by atoms with E-state index >= 15 is 0 Å². The molecule has 2 heteroatoms. The van der Waals surface area contributed by atoms with Crippen molar-refractivity contribution in [2.24, 2.45) is 0 Å². The van der Waals surface area contributed by atoms with E-state index in [0.29, 0.717) is 0 Å². The predicted molar refractivity (Wildman–Crippen MR) is 107 cm³/mol. The summed E-state index contributed by atoms with van der Waals surface area (Å²) in [4.78, 5) is 0. The lowest BCUT2D eigenvalue weighted by Crippen LogP contribution is -1.88. The fourth-order valence-electron chi connectivity index (χ4n) is 2.81. The second-order valence-electron chi connectivity index (χ2n) is 6.16. The average molecular weight is 342 g/mol. The number of aryl methyl sites for hydroxylation is 2. The van der Waals surface area contributed by atoms with Gasteiger partial charge in [-0.1, -0.05) is 80.1 Å². The molecular formula is C21H27PS. The van der Waals surface area contributed by atoms with Crippen molar-refractivity contribution in [3.63, 3.8) is 0 Å². The molecule has 0 unspecified atom stereocenters. The Kier molecular flexibility index (Phi) is 8.50. The highest BCUT2D eigenvalue weighted by Gasteiger charge is 2.00. The smallest absolute Gasteiger partial charge is 0.000146 e. The number of rotatable bonds is 10. The molecule has 0 fully saturated rings. The molecule has 0 aromatic heterocycles. The molecule has 0 spiro atoms. The summed E-state index contributed by atoms with van der Waals surface area (Å²) in [6.45, 7) is 2.26. The van der Waals surface area contributed by atoms with Crippen LogP contribution in [-0.2, 0) is 24.6 Å². The minimum Gasteiger partial charge on any atom is -0.0654 e. The lowest BCUT2D eigenvalue weighted by Gasteiger charge is -2.06.